The predicted octanol–water partition coefficient (Wildman–Crippen LogP) is 2.83. The summed E-state index contributed by atoms with van der Waals surface area (Å²) in [5.74, 6) is 0.558. The van der Waals surface area contributed by atoms with E-state index in [2.05, 4.69) is 17.1 Å². The molecular weight excluding hydrogens is 325 g/mol. The van der Waals surface area contributed by atoms with E-state index in [0.717, 1.165) is 6.42 Å². The van der Waals surface area contributed by atoms with Crippen LogP contribution in [0.15, 0.2) is 28.8 Å². The summed E-state index contributed by atoms with van der Waals surface area (Å²) in [7, 11) is 0. The summed E-state index contributed by atoms with van der Waals surface area (Å²) < 4.78 is 23.8. The number of carbonyl (C=O) groups excluding carboxylic acids is 1. The zero-order chi connectivity index (χ0) is 17.8. The lowest BCUT2D eigenvalue weighted by atomic mass is 10.1. The molecule has 3 rings (SSSR count). The Morgan fingerprint density at radius 2 is 2.12 bits per heavy atom. The van der Waals surface area contributed by atoms with Crippen molar-refractivity contribution < 1.29 is 18.4 Å². The smallest absolute Gasteiger partial charge is 0.227 e. The predicted molar refractivity (Wildman–Crippen MR) is 89.2 cm³/mol. The van der Waals surface area contributed by atoms with Crippen LogP contribution in [0.25, 0.3) is 11.4 Å². The zero-order valence-electron chi connectivity index (χ0n) is 14.4. The molecular formula is C18H22FN3O3. The summed E-state index contributed by atoms with van der Waals surface area (Å²) in [6, 6.07) is 6.01. The van der Waals surface area contributed by atoms with E-state index in [1.807, 2.05) is 11.8 Å². The van der Waals surface area contributed by atoms with Gasteiger partial charge in [-0.25, -0.2) is 4.39 Å². The molecule has 1 aliphatic heterocycles. The van der Waals surface area contributed by atoms with Crippen LogP contribution in [0.5, 0.6) is 0 Å². The molecule has 0 bridgehead atoms. The van der Waals surface area contributed by atoms with Crippen LogP contribution in [0, 0.1) is 5.82 Å². The third kappa shape index (κ3) is 4.22. The van der Waals surface area contributed by atoms with E-state index in [1.54, 1.807) is 12.1 Å². The highest BCUT2D eigenvalue weighted by molar-refractivity contribution is 5.76. The lowest BCUT2D eigenvalue weighted by Gasteiger charge is -2.38. The molecule has 6 nitrogen and oxygen atoms in total. The zero-order valence-corrected chi connectivity index (χ0v) is 14.4. The minimum absolute atomic E-state index is 0.0558. The van der Waals surface area contributed by atoms with Gasteiger partial charge in [0.1, 0.15) is 5.82 Å². The molecule has 2 aromatic rings. The largest absolute Gasteiger partial charge is 0.375 e. The van der Waals surface area contributed by atoms with Crippen molar-refractivity contribution in [3.63, 3.8) is 0 Å². The molecule has 1 aromatic heterocycles. The summed E-state index contributed by atoms with van der Waals surface area (Å²) in [4.78, 5) is 18.7. The van der Waals surface area contributed by atoms with Gasteiger partial charge in [-0.2, -0.15) is 4.98 Å². The van der Waals surface area contributed by atoms with Crippen molar-refractivity contribution >= 4 is 5.91 Å². The van der Waals surface area contributed by atoms with Gasteiger partial charge in [0.2, 0.25) is 17.6 Å². The molecule has 0 spiro atoms. The molecule has 25 heavy (non-hydrogen) atoms. The minimum Gasteiger partial charge on any atom is -0.375 e. The van der Waals surface area contributed by atoms with E-state index < -0.39 is 0 Å². The van der Waals surface area contributed by atoms with Crippen LogP contribution in [0.2, 0.25) is 0 Å². The highest BCUT2D eigenvalue weighted by Crippen LogP contribution is 2.19. The first-order valence-corrected chi connectivity index (χ1v) is 8.56. The van der Waals surface area contributed by atoms with Crippen molar-refractivity contribution in [1.29, 1.82) is 0 Å². The van der Waals surface area contributed by atoms with E-state index in [1.165, 1.54) is 12.1 Å². The molecule has 7 heteroatoms. The summed E-state index contributed by atoms with van der Waals surface area (Å²) in [5, 5.41) is 3.90. The second-order valence-corrected chi connectivity index (χ2v) is 6.27. The molecule has 2 heterocycles. The average Bonchev–Trinajstić information content (AvgIpc) is 3.09. The van der Waals surface area contributed by atoms with E-state index >= 15 is 0 Å². The van der Waals surface area contributed by atoms with Gasteiger partial charge in [0.05, 0.1) is 18.8 Å². The number of hydrogen-bond acceptors (Lipinski definition) is 5. The SMILES string of the molecule is CCC1COC(C)CN1C(=O)CCc1nc(-c2ccc(F)cc2)no1. The van der Waals surface area contributed by atoms with E-state index in [-0.39, 0.29) is 23.9 Å². The number of aryl methyl sites for hydroxylation is 1. The second kappa shape index (κ2) is 7.74. The number of benzene rings is 1. The van der Waals surface area contributed by atoms with Crippen LogP contribution < -0.4 is 0 Å². The third-order valence-corrected chi connectivity index (χ3v) is 4.38. The van der Waals surface area contributed by atoms with Crippen molar-refractivity contribution in [1.82, 2.24) is 15.0 Å². The number of morpholine rings is 1. The summed E-state index contributed by atoms with van der Waals surface area (Å²) in [5.41, 5.74) is 0.677. The number of ether oxygens (including phenoxy) is 1. The van der Waals surface area contributed by atoms with Gasteiger partial charge in [-0.15, -0.1) is 0 Å². The Kier molecular flexibility index (Phi) is 5.43. The molecule has 1 fully saturated rings. The Bertz CT molecular complexity index is 717. The van der Waals surface area contributed by atoms with Gasteiger partial charge in [0, 0.05) is 24.9 Å². The van der Waals surface area contributed by atoms with Gasteiger partial charge in [-0.1, -0.05) is 12.1 Å². The van der Waals surface area contributed by atoms with Crippen LogP contribution in [0.4, 0.5) is 4.39 Å². The average molecular weight is 347 g/mol. The van der Waals surface area contributed by atoms with Crippen LogP contribution in [0.1, 0.15) is 32.6 Å². The molecule has 0 aliphatic carbocycles. The maximum absolute atomic E-state index is 13.0. The van der Waals surface area contributed by atoms with Crippen LogP contribution in [-0.2, 0) is 16.0 Å². The normalized spacial score (nSPS) is 20.7. The monoisotopic (exact) mass is 347 g/mol. The molecule has 1 saturated heterocycles. The first kappa shape index (κ1) is 17.5. The van der Waals surface area contributed by atoms with Crippen LogP contribution in [0.3, 0.4) is 0 Å². The first-order chi connectivity index (χ1) is 12.1. The van der Waals surface area contributed by atoms with Crippen molar-refractivity contribution in [2.75, 3.05) is 13.2 Å². The lowest BCUT2D eigenvalue weighted by Crippen LogP contribution is -2.51. The summed E-state index contributed by atoms with van der Waals surface area (Å²) in [6.07, 6.45) is 1.62. The Morgan fingerprint density at radius 1 is 1.36 bits per heavy atom. The van der Waals surface area contributed by atoms with Gasteiger partial charge in [-0.3, -0.25) is 4.79 Å². The highest BCUT2D eigenvalue weighted by Gasteiger charge is 2.29. The summed E-state index contributed by atoms with van der Waals surface area (Å²) >= 11 is 0. The van der Waals surface area contributed by atoms with Crippen molar-refractivity contribution in [3.8, 4) is 11.4 Å². The Hall–Kier alpha value is -2.28. The topological polar surface area (TPSA) is 68.5 Å². The van der Waals surface area contributed by atoms with E-state index in [4.69, 9.17) is 9.26 Å². The lowest BCUT2D eigenvalue weighted by molar-refractivity contribution is -0.144. The number of rotatable bonds is 5. The highest BCUT2D eigenvalue weighted by atomic mass is 19.1. The molecule has 134 valence electrons. The van der Waals surface area contributed by atoms with Crippen LogP contribution >= 0.6 is 0 Å². The Labute approximate surface area is 146 Å². The first-order valence-electron chi connectivity index (χ1n) is 8.56. The van der Waals surface area contributed by atoms with Gasteiger partial charge >= 0.3 is 0 Å². The molecule has 0 N–H and O–H groups in total. The van der Waals surface area contributed by atoms with Crippen molar-refractivity contribution in [2.45, 2.75) is 45.3 Å². The fraction of sp³-hybridized carbons (Fsp3) is 0.500. The van der Waals surface area contributed by atoms with Crippen molar-refractivity contribution in [2.24, 2.45) is 0 Å². The number of amides is 1. The number of nitrogens with zero attached hydrogens (tertiary/aromatic N) is 3. The van der Waals surface area contributed by atoms with Gasteiger partial charge in [0.15, 0.2) is 0 Å². The minimum atomic E-state index is -0.316. The maximum Gasteiger partial charge on any atom is 0.227 e. The standard InChI is InChI=1S/C18H22FN3O3/c1-3-15-11-24-12(2)10-22(15)17(23)9-8-16-20-18(21-25-16)13-4-6-14(19)7-5-13/h4-7,12,15H,3,8-11H2,1-2H3. The molecule has 1 aliphatic rings. The van der Waals surface area contributed by atoms with Gasteiger partial charge < -0.3 is 14.2 Å². The third-order valence-electron chi connectivity index (χ3n) is 4.38. The Balaban J connectivity index is 1.60. The van der Waals surface area contributed by atoms with Gasteiger partial charge in [-0.05, 0) is 37.6 Å². The number of halogens is 1. The fourth-order valence-electron chi connectivity index (χ4n) is 2.92. The fourth-order valence-corrected chi connectivity index (χ4v) is 2.92. The summed E-state index contributed by atoms with van der Waals surface area (Å²) in [6.45, 7) is 5.22. The van der Waals surface area contributed by atoms with E-state index in [9.17, 15) is 9.18 Å². The number of carbonyl (C=O) groups is 1. The second-order valence-electron chi connectivity index (χ2n) is 6.27. The number of hydrogen-bond donors (Lipinski definition) is 0. The van der Waals surface area contributed by atoms with E-state index in [0.29, 0.717) is 43.3 Å². The Morgan fingerprint density at radius 3 is 2.84 bits per heavy atom. The quantitative estimate of drug-likeness (QED) is 0.832. The molecule has 2 atom stereocenters. The van der Waals surface area contributed by atoms with Gasteiger partial charge in [0.25, 0.3) is 0 Å². The maximum atomic E-state index is 13.0. The number of aromatic nitrogens is 2. The van der Waals surface area contributed by atoms with Crippen LogP contribution in [-0.4, -0.2) is 46.2 Å². The molecule has 0 radical (unpaired) electrons. The van der Waals surface area contributed by atoms with Crippen molar-refractivity contribution in [3.05, 3.63) is 36.0 Å². The molecule has 1 aromatic carbocycles. The molecule has 0 saturated carbocycles. The molecule has 1 amide bonds. The molecule has 2 unspecified atom stereocenters.